The predicted molar refractivity (Wildman–Crippen MR) is 43.4 cm³/mol. The first-order valence-electron chi connectivity index (χ1n) is 4.45. The van der Waals surface area contributed by atoms with Gasteiger partial charge in [-0.15, -0.1) is 0 Å². The van der Waals surface area contributed by atoms with Crippen molar-refractivity contribution in [1.29, 1.82) is 0 Å². The number of aliphatic hydroxyl groups excluding tert-OH is 1. The van der Waals surface area contributed by atoms with E-state index in [0.29, 0.717) is 12.0 Å². The van der Waals surface area contributed by atoms with Crippen molar-refractivity contribution in [3.63, 3.8) is 0 Å². The van der Waals surface area contributed by atoms with Crippen molar-refractivity contribution < 1.29 is 5.11 Å². The number of nitrogens with zero attached hydrogens (tertiary/aromatic N) is 1. The molecule has 0 aliphatic carbocycles. The van der Waals surface area contributed by atoms with Gasteiger partial charge < -0.3 is 10.4 Å². The van der Waals surface area contributed by atoms with Crippen LogP contribution in [0.3, 0.4) is 0 Å². The summed E-state index contributed by atoms with van der Waals surface area (Å²) in [5, 5.41) is 13.1. The van der Waals surface area contributed by atoms with E-state index < -0.39 is 0 Å². The zero-order valence-corrected chi connectivity index (χ0v) is 6.95. The summed E-state index contributed by atoms with van der Waals surface area (Å²) in [4.78, 5) is 2.37. The van der Waals surface area contributed by atoms with E-state index in [-0.39, 0.29) is 6.10 Å². The summed E-state index contributed by atoms with van der Waals surface area (Å²) >= 11 is 0. The third-order valence-corrected chi connectivity index (χ3v) is 2.98. The van der Waals surface area contributed by atoms with E-state index in [2.05, 4.69) is 17.1 Å². The van der Waals surface area contributed by atoms with Gasteiger partial charge in [0, 0.05) is 31.6 Å². The number of piperidine rings is 1. The SMILES string of the molecule is CCN1CC2CNCC1C2O. The molecule has 3 heteroatoms. The summed E-state index contributed by atoms with van der Waals surface area (Å²) in [6.45, 7) is 6.27. The number of rotatable bonds is 1. The van der Waals surface area contributed by atoms with Crippen LogP contribution in [0.4, 0.5) is 0 Å². The van der Waals surface area contributed by atoms with Gasteiger partial charge in [-0.2, -0.15) is 0 Å². The Bertz CT molecular complexity index is 151. The molecule has 2 aliphatic heterocycles. The number of hydrogen-bond donors (Lipinski definition) is 2. The Hall–Kier alpha value is -0.120. The highest BCUT2D eigenvalue weighted by atomic mass is 16.3. The molecular weight excluding hydrogens is 140 g/mol. The molecule has 0 radical (unpaired) electrons. The topological polar surface area (TPSA) is 35.5 Å². The monoisotopic (exact) mass is 156 g/mol. The molecule has 2 fully saturated rings. The van der Waals surface area contributed by atoms with Gasteiger partial charge >= 0.3 is 0 Å². The highest BCUT2D eigenvalue weighted by Gasteiger charge is 2.42. The van der Waals surface area contributed by atoms with E-state index >= 15 is 0 Å². The van der Waals surface area contributed by atoms with Crippen molar-refractivity contribution >= 4 is 0 Å². The number of hydrogen-bond acceptors (Lipinski definition) is 3. The Balaban J connectivity index is 2.09. The van der Waals surface area contributed by atoms with E-state index in [1.165, 1.54) is 0 Å². The van der Waals surface area contributed by atoms with Crippen molar-refractivity contribution in [3.05, 3.63) is 0 Å². The molecule has 2 N–H and O–H groups in total. The first-order chi connectivity index (χ1) is 5.33. The minimum absolute atomic E-state index is 0.0730. The van der Waals surface area contributed by atoms with Crippen LogP contribution in [0, 0.1) is 5.92 Å². The summed E-state index contributed by atoms with van der Waals surface area (Å²) in [6.07, 6.45) is -0.0730. The van der Waals surface area contributed by atoms with Gasteiger partial charge in [0.2, 0.25) is 0 Å². The summed E-state index contributed by atoms with van der Waals surface area (Å²) in [5.41, 5.74) is 0. The van der Waals surface area contributed by atoms with Gasteiger partial charge in [0.1, 0.15) is 0 Å². The summed E-state index contributed by atoms with van der Waals surface area (Å²) in [5.74, 6) is 0.480. The van der Waals surface area contributed by atoms with E-state index in [9.17, 15) is 5.11 Å². The van der Waals surface area contributed by atoms with Crippen LogP contribution >= 0.6 is 0 Å². The van der Waals surface area contributed by atoms with Crippen molar-refractivity contribution in [2.24, 2.45) is 5.92 Å². The van der Waals surface area contributed by atoms with Crippen LogP contribution in [0.15, 0.2) is 0 Å². The van der Waals surface area contributed by atoms with Crippen LogP contribution < -0.4 is 5.32 Å². The lowest BCUT2D eigenvalue weighted by atomic mass is 9.98. The standard InChI is InChI=1S/C8H16N2O/c1-2-10-5-6-3-9-4-7(10)8(6)11/h6-9,11H,2-5H2,1H3. The lowest BCUT2D eigenvalue weighted by Crippen LogP contribution is -2.48. The molecule has 2 aliphatic rings. The van der Waals surface area contributed by atoms with Gasteiger partial charge in [0.05, 0.1) is 6.10 Å². The molecule has 11 heavy (non-hydrogen) atoms. The smallest absolute Gasteiger partial charge is 0.0760 e. The van der Waals surface area contributed by atoms with E-state index in [0.717, 1.165) is 26.2 Å². The maximum atomic E-state index is 9.73. The quantitative estimate of drug-likeness (QED) is 0.525. The summed E-state index contributed by atoms with van der Waals surface area (Å²) in [7, 11) is 0. The minimum atomic E-state index is -0.0730. The molecule has 2 bridgehead atoms. The molecule has 3 unspecified atom stereocenters. The Morgan fingerprint density at radius 1 is 1.55 bits per heavy atom. The maximum absolute atomic E-state index is 9.73. The summed E-state index contributed by atoms with van der Waals surface area (Å²) in [6, 6.07) is 0.388. The van der Waals surface area contributed by atoms with Gasteiger partial charge in [0.25, 0.3) is 0 Å². The molecule has 64 valence electrons. The molecule has 3 nitrogen and oxygen atoms in total. The Morgan fingerprint density at radius 3 is 3.00 bits per heavy atom. The number of aliphatic hydroxyl groups is 1. The fourth-order valence-electron chi connectivity index (χ4n) is 2.29. The van der Waals surface area contributed by atoms with Crippen LogP contribution in [0.1, 0.15) is 6.92 Å². The fraction of sp³-hybridized carbons (Fsp3) is 1.00. The second kappa shape index (κ2) is 2.73. The maximum Gasteiger partial charge on any atom is 0.0760 e. The van der Waals surface area contributed by atoms with Crippen LogP contribution in [-0.2, 0) is 0 Å². The highest BCUT2D eigenvalue weighted by molar-refractivity contribution is 4.98. The molecule has 0 amide bonds. The van der Waals surface area contributed by atoms with Crippen LogP contribution in [-0.4, -0.2) is 48.3 Å². The van der Waals surface area contributed by atoms with Crippen molar-refractivity contribution in [1.82, 2.24) is 10.2 Å². The fourth-order valence-corrected chi connectivity index (χ4v) is 2.29. The van der Waals surface area contributed by atoms with E-state index in [1.54, 1.807) is 0 Å². The normalized spacial score (nSPS) is 44.7. The second-order valence-corrected chi connectivity index (χ2v) is 3.56. The molecule has 2 saturated heterocycles. The first kappa shape index (κ1) is 7.53. The molecule has 0 aromatic rings. The van der Waals surface area contributed by atoms with Gasteiger partial charge in [0.15, 0.2) is 0 Å². The molecule has 2 rings (SSSR count). The third kappa shape index (κ3) is 1.08. The van der Waals surface area contributed by atoms with Crippen molar-refractivity contribution in [3.8, 4) is 0 Å². The molecule has 0 aromatic carbocycles. The lowest BCUT2D eigenvalue weighted by molar-refractivity contribution is 0.0769. The van der Waals surface area contributed by atoms with E-state index in [1.807, 2.05) is 0 Å². The minimum Gasteiger partial charge on any atom is -0.391 e. The highest BCUT2D eigenvalue weighted by Crippen LogP contribution is 2.25. The van der Waals surface area contributed by atoms with Crippen LogP contribution in [0.25, 0.3) is 0 Å². The zero-order valence-electron chi connectivity index (χ0n) is 6.95. The number of nitrogens with one attached hydrogen (secondary N) is 1. The zero-order chi connectivity index (χ0) is 7.84. The van der Waals surface area contributed by atoms with Gasteiger partial charge in [-0.1, -0.05) is 6.92 Å². The van der Waals surface area contributed by atoms with Crippen LogP contribution in [0.5, 0.6) is 0 Å². The first-order valence-corrected chi connectivity index (χ1v) is 4.45. The van der Waals surface area contributed by atoms with Gasteiger partial charge in [-0.25, -0.2) is 0 Å². The molecule has 0 saturated carbocycles. The Labute approximate surface area is 67.4 Å². The number of fused-ring (bicyclic) bond motifs is 2. The number of likely N-dealkylation sites (N-methyl/N-ethyl adjacent to an activating group) is 1. The Kier molecular flexibility index (Phi) is 1.87. The lowest BCUT2D eigenvalue weighted by Gasteiger charge is -2.28. The Morgan fingerprint density at radius 2 is 2.36 bits per heavy atom. The number of likely N-dealkylation sites (tertiary alicyclic amines) is 1. The largest absolute Gasteiger partial charge is 0.391 e. The average molecular weight is 156 g/mol. The van der Waals surface area contributed by atoms with Gasteiger partial charge in [-0.05, 0) is 6.54 Å². The molecule has 3 atom stereocenters. The van der Waals surface area contributed by atoms with Crippen molar-refractivity contribution in [2.75, 3.05) is 26.2 Å². The van der Waals surface area contributed by atoms with E-state index in [4.69, 9.17) is 0 Å². The predicted octanol–water partition coefficient (Wildman–Crippen LogP) is -0.729. The average Bonchev–Trinajstić information content (AvgIpc) is 2.23. The van der Waals surface area contributed by atoms with Crippen LogP contribution in [0.2, 0.25) is 0 Å². The molecule has 0 aromatic heterocycles. The summed E-state index contributed by atoms with van der Waals surface area (Å²) < 4.78 is 0. The van der Waals surface area contributed by atoms with Gasteiger partial charge in [-0.3, -0.25) is 4.90 Å². The van der Waals surface area contributed by atoms with Crippen molar-refractivity contribution in [2.45, 2.75) is 19.1 Å². The molecule has 2 heterocycles. The second-order valence-electron chi connectivity index (χ2n) is 3.56. The third-order valence-electron chi connectivity index (χ3n) is 2.98. The molecule has 0 spiro atoms. The molecular formula is C8H16N2O.